The second-order valence-corrected chi connectivity index (χ2v) is 5.60. The standard InChI is InChI=1S/C13H11Cl2FN6/c14-11-9(16)10-8(5-19-11)12(21-13(15)20-10)22-4-3-18-7(6-22)1-2-17/h5,7,18H,1,3-4,6H2/t7-/m0/s1. The predicted octanol–water partition coefficient (Wildman–Crippen LogP) is 2.16. The second-order valence-electron chi connectivity index (χ2n) is 4.90. The van der Waals surface area contributed by atoms with Crippen LogP contribution in [0, 0.1) is 17.1 Å². The lowest BCUT2D eigenvalue weighted by Gasteiger charge is -2.34. The topological polar surface area (TPSA) is 77.7 Å². The zero-order valence-electron chi connectivity index (χ0n) is 11.4. The summed E-state index contributed by atoms with van der Waals surface area (Å²) < 4.78 is 14.1. The first-order valence-corrected chi connectivity index (χ1v) is 7.38. The number of rotatable bonds is 2. The van der Waals surface area contributed by atoms with Crippen molar-refractivity contribution in [2.75, 3.05) is 24.5 Å². The average Bonchev–Trinajstić information content (AvgIpc) is 2.51. The first kappa shape index (κ1) is 15.2. The molecular weight excluding hydrogens is 330 g/mol. The average molecular weight is 341 g/mol. The maximum atomic E-state index is 14.1. The van der Waals surface area contributed by atoms with Gasteiger partial charge < -0.3 is 10.2 Å². The van der Waals surface area contributed by atoms with Crippen LogP contribution in [0.1, 0.15) is 6.42 Å². The number of hydrogen-bond acceptors (Lipinski definition) is 6. The molecule has 1 aliphatic rings. The third kappa shape index (κ3) is 2.77. The van der Waals surface area contributed by atoms with Gasteiger partial charge in [0.05, 0.1) is 17.9 Å². The number of fused-ring (bicyclic) bond motifs is 1. The van der Waals surface area contributed by atoms with Gasteiger partial charge in [0.25, 0.3) is 0 Å². The fourth-order valence-corrected chi connectivity index (χ4v) is 2.80. The van der Waals surface area contributed by atoms with E-state index in [1.54, 1.807) is 0 Å². The molecule has 1 aliphatic heterocycles. The minimum absolute atomic E-state index is 0.0210. The van der Waals surface area contributed by atoms with Crippen molar-refractivity contribution >= 4 is 39.9 Å². The first-order valence-electron chi connectivity index (χ1n) is 6.62. The summed E-state index contributed by atoms with van der Waals surface area (Å²) in [6.45, 7) is 1.92. The number of nitrogens with zero attached hydrogens (tertiary/aromatic N) is 5. The Balaban J connectivity index is 2.07. The van der Waals surface area contributed by atoms with E-state index in [0.29, 0.717) is 37.3 Å². The number of aromatic nitrogens is 3. The fourth-order valence-electron chi connectivity index (χ4n) is 2.50. The summed E-state index contributed by atoms with van der Waals surface area (Å²) in [7, 11) is 0. The molecule has 0 saturated carbocycles. The van der Waals surface area contributed by atoms with E-state index in [1.807, 2.05) is 4.90 Å². The molecular formula is C13H11Cl2FN6. The molecule has 0 unspecified atom stereocenters. The third-order valence-corrected chi connectivity index (χ3v) is 3.92. The van der Waals surface area contributed by atoms with Crippen molar-refractivity contribution in [1.82, 2.24) is 20.3 Å². The molecule has 6 nitrogen and oxygen atoms in total. The Hall–Kier alpha value is -1.75. The molecule has 2 aromatic rings. The molecule has 0 spiro atoms. The van der Waals surface area contributed by atoms with E-state index in [1.165, 1.54) is 6.20 Å². The number of halogens is 3. The number of hydrogen-bond donors (Lipinski definition) is 1. The lowest BCUT2D eigenvalue weighted by atomic mass is 10.1. The third-order valence-electron chi connectivity index (χ3n) is 3.49. The quantitative estimate of drug-likeness (QED) is 0.666. The van der Waals surface area contributed by atoms with Gasteiger partial charge in [-0.15, -0.1) is 0 Å². The Kier molecular flexibility index (Phi) is 4.25. The van der Waals surface area contributed by atoms with Gasteiger partial charge in [0.2, 0.25) is 5.28 Å². The van der Waals surface area contributed by atoms with Gasteiger partial charge in [-0.05, 0) is 11.6 Å². The molecule has 0 radical (unpaired) electrons. The summed E-state index contributed by atoms with van der Waals surface area (Å²) in [4.78, 5) is 13.9. The molecule has 1 N–H and O–H groups in total. The van der Waals surface area contributed by atoms with Crippen LogP contribution < -0.4 is 10.2 Å². The molecule has 0 amide bonds. The van der Waals surface area contributed by atoms with E-state index < -0.39 is 5.82 Å². The Labute approximate surface area is 135 Å². The molecule has 2 aromatic heterocycles. The molecule has 0 aromatic carbocycles. The van der Waals surface area contributed by atoms with Crippen molar-refractivity contribution in [3.63, 3.8) is 0 Å². The van der Waals surface area contributed by atoms with Gasteiger partial charge in [0, 0.05) is 31.9 Å². The minimum Gasteiger partial charge on any atom is -0.353 e. The molecule has 0 aliphatic carbocycles. The lowest BCUT2D eigenvalue weighted by Crippen LogP contribution is -2.51. The maximum Gasteiger partial charge on any atom is 0.225 e. The van der Waals surface area contributed by atoms with Crippen LogP contribution in [0.3, 0.4) is 0 Å². The summed E-state index contributed by atoms with van der Waals surface area (Å²) >= 11 is 11.6. The monoisotopic (exact) mass is 340 g/mol. The summed E-state index contributed by atoms with van der Waals surface area (Å²) in [5, 5.41) is 12.2. The highest BCUT2D eigenvalue weighted by atomic mass is 35.5. The highest BCUT2D eigenvalue weighted by molar-refractivity contribution is 6.30. The van der Waals surface area contributed by atoms with Crippen molar-refractivity contribution in [3.8, 4) is 6.07 Å². The van der Waals surface area contributed by atoms with Gasteiger partial charge in [-0.2, -0.15) is 10.2 Å². The molecule has 9 heteroatoms. The smallest absolute Gasteiger partial charge is 0.225 e. The molecule has 1 saturated heterocycles. The Bertz CT molecular complexity index is 762. The van der Waals surface area contributed by atoms with E-state index in [0.717, 1.165) is 0 Å². The van der Waals surface area contributed by atoms with Crippen LogP contribution >= 0.6 is 23.2 Å². The lowest BCUT2D eigenvalue weighted by molar-refractivity contribution is 0.461. The van der Waals surface area contributed by atoms with Crippen molar-refractivity contribution in [3.05, 3.63) is 22.5 Å². The van der Waals surface area contributed by atoms with E-state index in [-0.39, 0.29) is 22.0 Å². The van der Waals surface area contributed by atoms with Crippen molar-refractivity contribution < 1.29 is 4.39 Å². The second kappa shape index (κ2) is 6.16. The summed E-state index contributed by atoms with van der Waals surface area (Å²) in [6.07, 6.45) is 1.82. The van der Waals surface area contributed by atoms with Crippen LogP contribution in [0.5, 0.6) is 0 Å². The molecule has 3 rings (SSSR count). The number of anilines is 1. The maximum absolute atomic E-state index is 14.1. The van der Waals surface area contributed by atoms with Crippen LogP contribution in [0.15, 0.2) is 6.20 Å². The van der Waals surface area contributed by atoms with Crippen molar-refractivity contribution in [2.24, 2.45) is 0 Å². The fraction of sp³-hybridized carbons (Fsp3) is 0.385. The zero-order chi connectivity index (χ0) is 15.7. The Morgan fingerprint density at radius 1 is 1.45 bits per heavy atom. The van der Waals surface area contributed by atoms with Crippen molar-refractivity contribution in [2.45, 2.75) is 12.5 Å². The summed E-state index contributed by atoms with van der Waals surface area (Å²) in [5.74, 6) is -0.212. The summed E-state index contributed by atoms with van der Waals surface area (Å²) in [6, 6.07) is 2.16. The number of nitrogens with one attached hydrogen (secondary N) is 1. The van der Waals surface area contributed by atoms with Gasteiger partial charge in [-0.3, -0.25) is 0 Å². The van der Waals surface area contributed by atoms with Crippen LogP contribution in [0.2, 0.25) is 10.4 Å². The number of piperazine rings is 1. The Morgan fingerprint density at radius 3 is 3.05 bits per heavy atom. The highest BCUT2D eigenvalue weighted by Gasteiger charge is 2.24. The number of pyridine rings is 1. The van der Waals surface area contributed by atoms with E-state index in [2.05, 4.69) is 26.3 Å². The largest absolute Gasteiger partial charge is 0.353 e. The minimum atomic E-state index is -0.714. The molecule has 114 valence electrons. The van der Waals surface area contributed by atoms with Crippen LogP contribution in [-0.4, -0.2) is 40.6 Å². The van der Waals surface area contributed by atoms with Crippen LogP contribution in [-0.2, 0) is 0 Å². The van der Waals surface area contributed by atoms with Gasteiger partial charge in [-0.1, -0.05) is 11.6 Å². The van der Waals surface area contributed by atoms with Gasteiger partial charge in [0.15, 0.2) is 11.0 Å². The first-order chi connectivity index (χ1) is 10.6. The van der Waals surface area contributed by atoms with E-state index in [4.69, 9.17) is 28.5 Å². The SMILES string of the molecule is N#CC[C@H]1CN(c2nc(Cl)nc3c(F)c(Cl)ncc23)CCN1. The summed E-state index contributed by atoms with van der Waals surface area (Å²) in [5.41, 5.74) is 0.0466. The Morgan fingerprint density at radius 2 is 2.27 bits per heavy atom. The predicted molar refractivity (Wildman–Crippen MR) is 81.5 cm³/mol. The molecule has 3 heterocycles. The van der Waals surface area contributed by atoms with Gasteiger partial charge in [0.1, 0.15) is 11.3 Å². The normalized spacial score (nSPS) is 18.5. The molecule has 22 heavy (non-hydrogen) atoms. The zero-order valence-corrected chi connectivity index (χ0v) is 12.9. The van der Waals surface area contributed by atoms with Crippen LogP contribution in [0.4, 0.5) is 10.2 Å². The molecule has 0 bridgehead atoms. The molecule has 1 atom stereocenters. The molecule has 1 fully saturated rings. The highest BCUT2D eigenvalue weighted by Crippen LogP contribution is 2.29. The van der Waals surface area contributed by atoms with E-state index in [9.17, 15) is 4.39 Å². The van der Waals surface area contributed by atoms with E-state index >= 15 is 0 Å². The number of nitriles is 1. The van der Waals surface area contributed by atoms with Gasteiger partial charge >= 0.3 is 0 Å². The van der Waals surface area contributed by atoms with Gasteiger partial charge in [-0.25, -0.2) is 14.4 Å². The van der Waals surface area contributed by atoms with Crippen LogP contribution in [0.25, 0.3) is 10.9 Å². The van der Waals surface area contributed by atoms with Crippen molar-refractivity contribution in [1.29, 1.82) is 5.26 Å².